The van der Waals surface area contributed by atoms with Crippen molar-refractivity contribution in [2.24, 2.45) is 0 Å². The molecule has 5 heteroatoms. The molecule has 0 atom stereocenters. The van der Waals surface area contributed by atoms with Crippen molar-refractivity contribution in [1.82, 2.24) is 9.78 Å². The maximum Gasteiger partial charge on any atom is 0.256 e. The van der Waals surface area contributed by atoms with Crippen molar-refractivity contribution in [2.45, 2.75) is 19.9 Å². The fourth-order valence-electron chi connectivity index (χ4n) is 2.84. The summed E-state index contributed by atoms with van der Waals surface area (Å²) >= 11 is 0. The second kappa shape index (κ2) is 8.34. The molecule has 3 rings (SSSR count). The Hall–Kier alpha value is -3.08. The number of anilines is 2. The molecule has 26 heavy (non-hydrogen) atoms. The van der Waals surface area contributed by atoms with E-state index in [1.807, 2.05) is 60.7 Å². The van der Waals surface area contributed by atoms with Crippen LogP contribution in [-0.4, -0.2) is 29.3 Å². The first-order valence-corrected chi connectivity index (χ1v) is 8.85. The highest BCUT2D eigenvalue weighted by molar-refractivity contribution is 6.04. The minimum Gasteiger partial charge on any atom is -0.375 e. The number of hydrogen-bond acceptors (Lipinski definition) is 3. The third-order valence-corrected chi connectivity index (χ3v) is 4.26. The van der Waals surface area contributed by atoms with Crippen LogP contribution in [0.15, 0.2) is 66.9 Å². The highest BCUT2D eigenvalue weighted by atomic mass is 16.1. The van der Waals surface area contributed by atoms with Crippen LogP contribution in [0.3, 0.4) is 0 Å². The average Bonchev–Trinajstić information content (AvgIpc) is 3.09. The highest BCUT2D eigenvalue weighted by Crippen LogP contribution is 2.16. The second-order valence-corrected chi connectivity index (χ2v) is 6.28. The predicted octanol–water partition coefficient (Wildman–Crippen LogP) is 4.03. The normalized spacial score (nSPS) is 10.5. The SMILES string of the molecule is CCCN(C)c1ccc(C(=O)Nc2ccnn2Cc2ccccc2)cc1. The molecule has 3 aromatic rings. The molecule has 0 aliphatic carbocycles. The summed E-state index contributed by atoms with van der Waals surface area (Å²) in [6.45, 7) is 3.76. The van der Waals surface area contributed by atoms with Gasteiger partial charge >= 0.3 is 0 Å². The molecule has 0 bridgehead atoms. The van der Waals surface area contributed by atoms with Crippen molar-refractivity contribution in [3.63, 3.8) is 0 Å². The number of carbonyl (C=O) groups is 1. The monoisotopic (exact) mass is 348 g/mol. The third-order valence-electron chi connectivity index (χ3n) is 4.26. The van der Waals surface area contributed by atoms with Gasteiger partial charge in [0.1, 0.15) is 5.82 Å². The van der Waals surface area contributed by atoms with E-state index in [9.17, 15) is 4.79 Å². The zero-order valence-electron chi connectivity index (χ0n) is 15.2. The lowest BCUT2D eigenvalue weighted by Gasteiger charge is -2.18. The Morgan fingerprint density at radius 2 is 1.81 bits per heavy atom. The second-order valence-electron chi connectivity index (χ2n) is 6.28. The van der Waals surface area contributed by atoms with Gasteiger partial charge in [0.2, 0.25) is 0 Å². The van der Waals surface area contributed by atoms with Gasteiger partial charge in [-0.2, -0.15) is 5.10 Å². The van der Waals surface area contributed by atoms with Gasteiger partial charge < -0.3 is 10.2 Å². The lowest BCUT2D eigenvalue weighted by molar-refractivity contribution is 0.102. The first kappa shape index (κ1) is 17.7. The fraction of sp³-hybridized carbons (Fsp3) is 0.238. The standard InChI is InChI=1S/C21H24N4O/c1-3-15-24(2)19-11-9-18(10-12-19)21(26)23-20-13-14-22-25(20)16-17-7-5-4-6-8-17/h4-14H,3,15-16H2,1-2H3,(H,23,26). The summed E-state index contributed by atoms with van der Waals surface area (Å²) in [4.78, 5) is 14.7. The van der Waals surface area contributed by atoms with Crippen molar-refractivity contribution in [1.29, 1.82) is 0 Å². The maximum atomic E-state index is 12.6. The average molecular weight is 348 g/mol. The van der Waals surface area contributed by atoms with Gasteiger partial charge in [0.25, 0.3) is 5.91 Å². The number of carbonyl (C=O) groups excluding carboxylic acids is 1. The Morgan fingerprint density at radius 3 is 2.50 bits per heavy atom. The topological polar surface area (TPSA) is 50.2 Å². The summed E-state index contributed by atoms with van der Waals surface area (Å²) in [5, 5.41) is 7.26. The van der Waals surface area contributed by atoms with E-state index >= 15 is 0 Å². The molecular formula is C21H24N4O. The summed E-state index contributed by atoms with van der Waals surface area (Å²) in [5.74, 6) is 0.551. The summed E-state index contributed by atoms with van der Waals surface area (Å²) < 4.78 is 1.79. The van der Waals surface area contributed by atoms with Crippen LogP contribution < -0.4 is 10.2 Å². The van der Waals surface area contributed by atoms with Crippen molar-refractivity contribution in [3.8, 4) is 0 Å². The molecule has 0 aliphatic heterocycles. The Kier molecular flexibility index (Phi) is 5.69. The summed E-state index contributed by atoms with van der Waals surface area (Å²) in [6, 6.07) is 19.5. The Labute approximate surface area is 154 Å². The quantitative estimate of drug-likeness (QED) is 0.701. The summed E-state index contributed by atoms with van der Waals surface area (Å²) in [7, 11) is 2.06. The van der Waals surface area contributed by atoms with Crippen molar-refractivity contribution in [2.75, 3.05) is 23.8 Å². The number of nitrogens with one attached hydrogen (secondary N) is 1. The Balaban J connectivity index is 1.68. The molecule has 0 radical (unpaired) electrons. The van der Waals surface area contributed by atoms with E-state index in [0.29, 0.717) is 17.9 Å². The van der Waals surface area contributed by atoms with Crippen LogP contribution in [0.25, 0.3) is 0 Å². The van der Waals surface area contributed by atoms with Crippen LogP contribution >= 0.6 is 0 Å². The number of hydrogen-bond donors (Lipinski definition) is 1. The molecule has 0 saturated heterocycles. The van der Waals surface area contributed by atoms with Gasteiger partial charge in [-0.15, -0.1) is 0 Å². The molecule has 1 N–H and O–H groups in total. The number of amides is 1. The minimum atomic E-state index is -0.135. The number of nitrogens with zero attached hydrogens (tertiary/aromatic N) is 3. The molecule has 0 aliphatic rings. The van der Waals surface area contributed by atoms with Gasteiger partial charge in [0.15, 0.2) is 0 Å². The van der Waals surface area contributed by atoms with Crippen molar-refractivity contribution in [3.05, 3.63) is 78.0 Å². The predicted molar refractivity (Wildman–Crippen MR) is 106 cm³/mol. The molecular weight excluding hydrogens is 324 g/mol. The van der Waals surface area contributed by atoms with E-state index in [4.69, 9.17) is 0 Å². The summed E-state index contributed by atoms with van der Waals surface area (Å²) in [6.07, 6.45) is 2.78. The molecule has 1 heterocycles. The molecule has 134 valence electrons. The molecule has 0 unspecified atom stereocenters. The maximum absolute atomic E-state index is 12.6. The fourth-order valence-corrected chi connectivity index (χ4v) is 2.84. The first-order valence-electron chi connectivity index (χ1n) is 8.85. The van der Waals surface area contributed by atoms with Crippen LogP contribution in [0.5, 0.6) is 0 Å². The van der Waals surface area contributed by atoms with Gasteiger partial charge in [-0.1, -0.05) is 37.3 Å². The summed E-state index contributed by atoms with van der Waals surface area (Å²) in [5.41, 5.74) is 2.87. The van der Waals surface area contributed by atoms with Gasteiger partial charge in [0.05, 0.1) is 12.7 Å². The lowest BCUT2D eigenvalue weighted by atomic mass is 10.2. The number of benzene rings is 2. The van der Waals surface area contributed by atoms with E-state index in [0.717, 1.165) is 24.2 Å². The van der Waals surface area contributed by atoms with Crippen molar-refractivity contribution < 1.29 is 4.79 Å². The van der Waals surface area contributed by atoms with Gasteiger partial charge in [-0.25, -0.2) is 4.68 Å². The molecule has 0 spiro atoms. The minimum absolute atomic E-state index is 0.135. The molecule has 2 aromatic carbocycles. The van der Waals surface area contributed by atoms with E-state index in [-0.39, 0.29) is 5.91 Å². The van der Waals surface area contributed by atoms with Crippen LogP contribution in [-0.2, 0) is 6.54 Å². The van der Waals surface area contributed by atoms with Gasteiger partial charge in [-0.3, -0.25) is 4.79 Å². The third kappa shape index (κ3) is 4.30. The number of aromatic nitrogens is 2. The largest absolute Gasteiger partial charge is 0.375 e. The van der Waals surface area contributed by atoms with Crippen LogP contribution in [0.4, 0.5) is 11.5 Å². The highest BCUT2D eigenvalue weighted by Gasteiger charge is 2.10. The zero-order valence-corrected chi connectivity index (χ0v) is 15.2. The lowest BCUT2D eigenvalue weighted by Crippen LogP contribution is -2.18. The van der Waals surface area contributed by atoms with Gasteiger partial charge in [-0.05, 0) is 36.2 Å². The van der Waals surface area contributed by atoms with Crippen LogP contribution in [0.1, 0.15) is 29.3 Å². The van der Waals surface area contributed by atoms with E-state index in [1.165, 1.54) is 0 Å². The Morgan fingerprint density at radius 1 is 1.08 bits per heavy atom. The molecule has 0 saturated carbocycles. The first-order chi connectivity index (χ1) is 12.7. The van der Waals surface area contributed by atoms with Crippen LogP contribution in [0.2, 0.25) is 0 Å². The van der Waals surface area contributed by atoms with Crippen LogP contribution in [0, 0.1) is 0 Å². The molecule has 1 amide bonds. The molecule has 0 fully saturated rings. The smallest absolute Gasteiger partial charge is 0.256 e. The van der Waals surface area contributed by atoms with E-state index in [2.05, 4.69) is 29.3 Å². The van der Waals surface area contributed by atoms with E-state index in [1.54, 1.807) is 10.9 Å². The molecule has 1 aromatic heterocycles. The Bertz CT molecular complexity index is 840. The van der Waals surface area contributed by atoms with Gasteiger partial charge in [0, 0.05) is 30.9 Å². The number of rotatable bonds is 7. The van der Waals surface area contributed by atoms with Crippen molar-refractivity contribution >= 4 is 17.4 Å². The molecule has 5 nitrogen and oxygen atoms in total. The van der Waals surface area contributed by atoms with E-state index < -0.39 is 0 Å². The zero-order chi connectivity index (χ0) is 18.4.